The fourth-order valence-electron chi connectivity index (χ4n) is 5.03. The van der Waals surface area contributed by atoms with Gasteiger partial charge in [0.05, 0.1) is 5.29 Å². The molecule has 3 rings (SSSR count). The van der Waals surface area contributed by atoms with Gasteiger partial charge in [-0.25, -0.2) is 5.43 Å². The van der Waals surface area contributed by atoms with Gasteiger partial charge in [-0.2, -0.15) is 0 Å². The Bertz CT molecular complexity index is 830. The molecule has 0 bridgehead atoms. The summed E-state index contributed by atoms with van der Waals surface area (Å²) >= 11 is 0. The molecule has 1 aromatic carbocycles. The van der Waals surface area contributed by atoms with Gasteiger partial charge in [0, 0.05) is 36.3 Å². The van der Waals surface area contributed by atoms with Gasteiger partial charge in [0.2, 0.25) is 0 Å². The van der Waals surface area contributed by atoms with E-state index in [1.54, 1.807) is 6.08 Å². The molecule has 1 unspecified atom stereocenters. The monoisotopic (exact) mass is 396 g/mol. The highest BCUT2D eigenvalue weighted by Crippen LogP contribution is 2.66. The highest BCUT2D eigenvalue weighted by Gasteiger charge is 2.63. The summed E-state index contributed by atoms with van der Waals surface area (Å²) in [6.45, 7) is 10.6. The van der Waals surface area contributed by atoms with Crippen LogP contribution in [0.4, 0.5) is 5.69 Å². The molecule has 1 aliphatic carbocycles. The number of fused-ring (bicyclic) bond motifs is 3. The third-order valence-corrected chi connectivity index (χ3v) is 6.00. The Hall–Kier alpha value is -2.47. The summed E-state index contributed by atoms with van der Waals surface area (Å²) in [6.07, 6.45) is 8.40. The van der Waals surface area contributed by atoms with Crippen LogP contribution in [0.5, 0.6) is 0 Å². The minimum absolute atomic E-state index is 0.165. The van der Waals surface area contributed by atoms with E-state index in [0.29, 0.717) is 5.92 Å². The number of allylic oxidation sites excluding steroid dienone is 1. The molecule has 1 saturated carbocycles. The molecule has 0 saturated heterocycles. The third-order valence-electron chi connectivity index (χ3n) is 6.00. The molecule has 0 aromatic heterocycles. The zero-order valence-electron chi connectivity index (χ0n) is 17.9. The zero-order chi connectivity index (χ0) is 21.2. The molecule has 2 atom stereocenters. The van der Waals surface area contributed by atoms with Crippen LogP contribution in [0.3, 0.4) is 0 Å². The number of anilines is 1. The molecule has 0 radical (unpaired) electrons. The quantitative estimate of drug-likeness (QED) is 0.280. The van der Waals surface area contributed by atoms with Gasteiger partial charge in [0.25, 0.3) is 5.91 Å². The highest BCUT2D eigenvalue weighted by molar-refractivity contribution is 5.91. The molecule has 1 heterocycles. The van der Waals surface area contributed by atoms with Crippen molar-refractivity contribution in [3.63, 3.8) is 0 Å². The van der Waals surface area contributed by atoms with Crippen LogP contribution in [-0.2, 0) is 4.79 Å². The lowest BCUT2D eigenvalue weighted by molar-refractivity contribution is -0.116. The van der Waals surface area contributed by atoms with Crippen LogP contribution in [0, 0.1) is 10.3 Å². The van der Waals surface area contributed by atoms with Crippen molar-refractivity contribution in [1.29, 1.82) is 0 Å². The van der Waals surface area contributed by atoms with Crippen LogP contribution in [0.25, 0.3) is 6.08 Å². The molecule has 156 valence electrons. The summed E-state index contributed by atoms with van der Waals surface area (Å²) < 4.78 is 0. The van der Waals surface area contributed by atoms with E-state index < -0.39 is 5.91 Å². The summed E-state index contributed by atoms with van der Waals surface area (Å²) in [7, 11) is 4.25. The van der Waals surface area contributed by atoms with E-state index in [1.807, 2.05) is 17.6 Å². The van der Waals surface area contributed by atoms with Crippen LogP contribution in [0.1, 0.15) is 50.2 Å². The Kier molecular flexibility index (Phi) is 5.94. The van der Waals surface area contributed by atoms with Gasteiger partial charge >= 0.3 is 0 Å². The number of amides is 1. The first-order valence-electron chi connectivity index (χ1n) is 10.2. The number of hydrogen-bond donors (Lipinski definition) is 1. The Morgan fingerprint density at radius 2 is 2.21 bits per heavy atom. The van der Waals surface area contributed by atoms with Crippen molar-refractivity contribution >= 4 is 17.7 Å². The second kappa shape index (κ2) is 8.11. The summed E-state index contributed by atoms with van der Waals surface area (Å²) in [4.78, 5) is 26.5. The minimum atomic E-state index is -0.515. The fraction of sp³-hybridized carbons (Fsp3) is 0.522. The number of benzene rings is 1. The molecule has 1 aliphatic heterocycles. The summed E-state index contributed by atoms with van der Waals surface area (Å²) in [5.41, 5.74) is 5.89. The lowest BCUT2D eigenvalue weighted by Gasteiger charge is -2.39. The molecule has 1 fully saturated rings. The number of rotatable bonds is 10. The van der Waals surface area contributed by atoms with Crippen molar-refractivity contribution in [3.05, 3.63) is 53.0 Å². The average molecular weight is 397 g/mol. The summed E-state index contributed by atoms with van der Waals surface area (Å²) in [5, 5.41) is 2.41. The van der Waals surface area contributed by atoms with Crippen molar-refractivity contribution in [2.45, 2.75) is 44.6 Å². The maximum absolute atomic E-state index is 11.5. The number of nitrogens with one attached hydrogen (secondary N) is 1. The lowest BCUT2D eigenvalue weighted by atomic mass is 9.90. The van der Waals surface area contributed by atoms with Crippen LogP contribution < -0.4 is 10.3 Å². The minimum Gasteiger partial charge on any atom is -0.364 e. The molecule has 1 N–H and O–H groups in total. The van der Waals surface area contributed by atoms with Crippen LogP contribution in [0.2, 0.25) is 0 Å². The Morgan fingerprint density at radius 3 is 2.86 bits per heavy atom. The topological polar surface area (TPSA) is 65.0 Å². The SMILES string of the molecule is C=CCC[C@]12CC1c1cc(/C=C/C(=O)NN=O)ccc1N2CC(C)(C)CN(C)C. The van der Waals surface area contributed by atoms with Gasteiger partial charge in [0.15, 0.2) is 0 Å². The number of carbonyl (C=O) groups excluding carboxylic acids is 1. The van der Waals surface area contributed by atoms with Crippen LogP contribution in [-0.4, -0.2) is 43.5 Å². The molecule has 2 aliphatic rings. The summed E-state index contributed by atoms with van der Waals surface area (Å²) in [6, 6.07) is 6.40. The second-order valence-corrected chi connectivity index (χ2v) is 9.39. The van der Waals surface area contributed by atoms with Gasteiger partial charge in [-0.3, -0.25) is 4.79 Å². The first-order valence-corrected chi connectivity index (χ1v) is 10.2. The van der Waals surface area contributed by atoms with E-state index in [9.17, 15) is 9.70 Å². The van der Waals surface area contributed by atoms with Gasteiger partial charge in [-0.15, -0.1) is 11.5 Å². The number of hydrogen-bond acceptors (Lipinski definition) is 5. The first-order chi connectivity index (χ1) is 13.7. The van der Waals surface area contributed by atoms with E-state index in [1.165, 1.54) is 23.7 Å². The predicted molar refractivity (Wildman–Crippen MR) is 119 cm³/mol. The number of carbonyl (C=O) groups is 1. The Balaban J connectivity index is 1.88. The van der Waals surface area contributed by atoms with Gasteiger partial charge in [-0.05, 0) is 68.1 Å². The third kappa shape index (κ3) is 4.42. The zero-order valence-corrected chi connectivity index (χ0v) is 17.9. The second-order valence-electron chi connectivity index (χ2n) is 9.39. The fourth-order valence-corrected chi connectivity index (χ4v) is 5.03. The molecule has 6 heteroatoms. The largest absolute Gasteiger partial charge is 0.364 e. The normalized spacial score (nSPS) is 22.5. The highest BCUT2D eigenvalue weighted by atomic mass is 16.3. The first kappa shape index (κ1) is 21.2. The molecular formula is C23H32N4O2. The Morgan fingerprint density at radius 1 is 1.45 bits per heavy atom. The van der Waals surface area contributed by atoms with E-state index in [-0.39, 0.29) is 11.0 Å². The van der Waals surface area contributed by atoms with E-state index >= 15 is 0 Å². The predicted octanol–water partition coefficient (Wildman–Crippen LogP) is 4.10. The molecule has 1 aromatic rings. The lowest BCUT2D eigenvalue weighted by Crippen LogP contribution is -2.45. The van der Waals surface area contributed by atoms with Crippen LogP contribution in [0.15, 0.2) is 42.2 Å². The standard InChI is InChI=1S/C23H32N4O2/c1-6-7-12-23-14-19(23)18-13-17(9-11-21(28)24-25-29)8-10-20(18)27(23)16-22(2,3)15-26(4)5/h6,8-11,13,19H,1,7,12,14-16H2,2-5H3,(H,24,28,29)/b11-9+/t19?,23-/m0/s1. The van der Waals surface area contributed by atoms with Crippen molar-refractivity contribution in [2.24, 2.45) is 10.7 Å². The molecule has 1 amide bonds. The van der Waals surface area contributed by atoms with Gasteiger partial charge in [-0.1, -0.05) is 26.0 Å². The smallest absolute Gasteiger partial charge is 0.266 e. The summed E-state index contributed by atoms with van der Waals surface area (Å²) in [5.74, 6) is 0.0192. The maximum Gasteiger partial charge on any atom is 0.266 e. The average Bonchev–Trinajstić information content (AvgIpc) is 3.32. The van der Waals surface area contributed by atoms with Crippen LogP contribution >= 0.6 is 0 Å². The molecule has 29 heavy (non-hydrogen) atoms. The maximum atomic E-state index is 11.5. The number of nitrogens with zero attached hydrogens (tertiary/aromatic N) is 3. The van der Waals surface area contributed by atoms with E-state index in [2.05, 4.69) is 61.7 Å². The van der Waals surface area contributed by atoms with E-state index in [0.717, 1.165) is 31.5 Å². The molecular weight excluding hydrogens is 364 g/mol. The Labute approximate surface area is 173 Å². The van der Waals surface area contributed by atoms with E-state index in [4.69, 9.17) is 0 Å². The van der Waals surface area contributed by atoms with Crippen molar-refractivity contribution in [3.8, 4) is 0 Å². The molecule has 0 spiro atoms. The van der Waals surface area contributed by atoms with Crippen molar-refractivity contribution in [1.82, 2.24) is 10.3 Å². The van der Waals surface area contributed by atoms with Crippen molar-refractivity contribution < 1.29 is 4.79 Å². The van der Waals surface area contributed by atoms with Gasteiger partial charge < -0.3 is 9.80 Å². The van der Waals surface area contributed by atoms with Crippen molar-refractivity contribution in [2.75, 3.05) is 32.1 Å². The van der Waals surface area contributed by atoms with Gasteiger partial charge in [0.1, 0.15) is 0 Å². The number of nitroso groups, excluding NO2 is 1. The molecule has 6 nitrogen and oxygen atoms in total.